The Labute approximate surface area is 198 Å². The molecule has 0 radical (unpaired) electrons. The van der Waals surface area contributed by atoms with E-state index in [1.807, 2.05) is 69.9 Å². The molecule has 5 aromatic rings. The number of hydrogen-bond donors (Lipinski definition) is 1. The van der Waals surface area contributed by atoms with Gasteiger partial charge in [0.05, 0.1) is 22.6 Å². The lowest BCUT2D eigenvalue weighted by Crippen LogP contribution is -2.28. The van der Waals surface area contributed by atoms with Crippen LogP contribution in [0.4, 0.5) is 11.5 Å². The van der Waals surface area contributed by atoms with Crippen LogP contribution in [0.1, 0.15) is 6.92 Å². The van der Waals surface area contributed by atoms with E-state index in [-0.39, 0.29) is 6.10 Å². The highest BCUT2D eigenvalue weighted by Gasteiger charge is 2.17. The largest absolute Gasteiger partial charge is 0.489 e. The van der Waals surface area contributed by atoms with Gasteiger partial charge in [-0.25, -0.2) is 9.97 Å². The Kier molecular flexibility index (Phi) is 5.81. The molecular formula is C26H27N7O. The first kappa shape index (κ1) is 21.8. The van der Waals surface area contributed by atoms with Gasteiger partial charge in [0.15, 0.2) is 0 Å². The van der Waals surface area contributed by atoms with E-state index in [1.165, 1.54) is 0 Å². The van der Waals surface area contributed by atoms with Gasteiger partial charge in [-0.2, -0.15) is 5.10 Å². The van der Waals surface area contributed by atoms with E-state index in [4.69, 9.17) is 4.74 Å². The van der Waals surface area contributed by atoms with Gasteiger partial charge in [-0.3, -0.25) is 9.67 Å². The highest BCUT2D eigenvalue weighted by atomic mass is 16.5. The molecule has 1 N–H and O–H groups in total. The molecule has 172 valence electrons. The maximum Gasteiger partial charge on any atom is 0.145 e. The molecule has 3 aromatic heterocycles. The summed E-state index contributed by atoms with van der Waals surface area (Å²) < 4.78 is 8.25. The van der Waals surface area contributed by atoms with Crippen LogP contribution in [0.15, 0.2) is 67.4 Å². The topological polar surface area (TPSA) is 81.0 Å². The summed E-state index contributed by atoms with van der Waals surface area (Å²) in [6, 6.07) is 14.1. The van der Waals surface area contributed by atoms with E-state index in [9.17, 15) is 0 Å². The van der Waals surface area contributed by atoms with Crippen molar-refractivity contribution < 1.29 is 4.74 Å². The maximum absolute atomic E-state index is 6.46. The molecule has 0 unspecified atom stereocenters. The monoisotopic (exact) mass is 453 g/mol. The minimum atomic E-state index is -0.0258. The number of ether oxygens (including phenoxy) is 1. The van der Waals surface area contributed by atoms with Gasteiger partial charge < -0.3 is 15.0 Å². The fourth-order valence-corrected chi connectivity index (χ4v) is 4.14. The molecule has 2 aromatic carbocycles. The van der Waals surface area contributed by atoms with Crippen molar-refractivity contribution in [3.63, 3.8) is 0 Å². The number of fused-ring (bicyclic) bond motifs is 2. The Morgan fingerprint density at radius 3 is 2.71 bits per heavy atom. The van der Waals surface area contributed by atoms with Crippen LogP contribution in [0, 0.1) is 0 Å². The number of anilines is 2. The number of aryl methyl sites for hydroxylation is 1. The van der Waals surface area contributed by atoms with Crippen LogP contribution in [0.5, 0.6) is 5.75 Å². The maximum atomic E-state index is 6.46. The lowest BCUT2D eigenvalue weighted by molar-refractivity contribution is 0.179. The molecule has 8 nitrogen and oxygen atoms in total. The minimum Gasteiger partial charge on any atom is -0.489 e. The van der Waals surface area contributed by atoms with E-state index in [2.05, 4.69) is 43.3 Å². The minimum absolute atomic E-state index is 0.0258. The number of likely N-dealkylation sites (N-methyl/N-ethyl adjacent to an activating group) is 1. The van der Waals surface area contributed by atoms with Crippen LogP contribution in [0.3, 0.4) is 0 Å². The van der Waals surface area contributed by atoms with E-state index in [0.717, 1.165) is 50.9 Å². The molecule has 0 saturated carbocycles. The molecule has 34 heavy (non-hydrogen) atoms. The average molecular weight is 454 g/mol. The molecule has 0 aliphatic heterocycles. The molecule has 0 aliphatic carbocycles. The summed E-state index contributed by atoms with van der Waals surface area (Å²) in [4.78, 5) is 15.7. The predicted molar refractivity (Wildman–Crippen MR) is 135 cm³/mol. The Morgan fingerprint density at radius 2 is 1.91 bits per heavy atom. The van der Waals surface area contributed by atoms with Crippen LogP contribution in [-0.2, 0) is 7.05 Å². The van der Waals surface area contributed by atoms with Crippen molar-refractivity contribution in [1.82, 2.24) is 29.6 Å². The summed E-state index contributed by atoms with van der Waals surface area (Å²) in [7, 11) is 5.98. The molecule has 1 atom stereocenters. The van der Waals surface area contributed by atoms with Crippen LogP contribution in [0.25, 0.3) is 32.9 Å². The first-order valence-electron chi connectivity index (χ1n) is 11.2. The van der Waals surface area contributed by atoms with Gasteiger partial charge in [-0.1, -0.05) is 6.07 Å². The third kappa shape index (κ3) is 4.53. The molecule has 5 rings (SSSR count). The zero-order chi connectivity index (χ0) is 23.7. The zero-order valence-electron chi connectivity index (χ0n) is 19.7. The second-order valence-electron chi connectivity index (χ2n) is 8.72. The fourth-order valence-electron chi connectivity index (χ4n) is 4.14. The molecule has 0 spiro atoms. The summed E-state index contributed by atoms with van der Waals surface area (Å²) in [5.41, 5.74) is 4.67. The van der Waals surface area contributed by atoms with E-state index >= 15 is 0 Å². The van der Waals surface area contributed by atoms with Gasteiger partial charge in [0.1, 0.15) is 24.0 Å². The summed E-state index contributed by atoms with van der Waals surface area (Å²) in [6.07, 6.45) is 7.18. The Balaban J connectivity index is 1.61. The Hall–Kier alpha value is -4.04. The lowest BCUT2D eigenvalue weighted by Gasteiger charge is -2.21. The normalized spacial score (nSPS) is 12.4. The van der Waals surface area contributed by atoms with Gasteiger partial charge in [0.2, 0.25) is 0 Å². The number of nitrogens with one attached hydrogen (secondary N) is 1. The third-order valence-electron chi connectivity index (χ3n) is 5.56. The lowest BCUT2D eigenvalue weighted by atomic mass is 10.1. The third-order valence-corrected chi connectivity index (χ3v) is 5.56. The molecule has 8 heteroatoms. The number of hydrogen-bond acceptors (Lipinski definition) is 7. The van der Waals surface area contributed by atoms with Gasteiger partial charge >= 0.3 is 0 Å². The van der Waals surface area contributed by atoms with Crippen LogP contribution < -0.4 is 10.1 Å². The van der Waals surface area contributed by atoms with Crippen LogP contribution >= 0.6 is 0 Å². The first-order valence-corrected chi connectivity index (χ1v) is 11.2. The van der Waals surface area contributed by atoms with Gasteiger partial charge in [0.25, 0.3) is 0 Å². The molecule has 0 saturated heterocycles. The number of pyridine rings is 1. The number of benzene rings is 2. The summed E-state index contributed by atoms with van der Waals surface area (Å²) in [6.45, 7) is 2.85. The molecular weight excluding hydrogens is 426 g/mol. The Bertz CT molecular complexity index is 1460. The van der Waals surface area contributed by atoms with Crippen molar-refractivity contribution in [3.8, 4) is 16.9 Å². The molecule has 0 aliphatic rings. The standard InChI is InChI=1S/C26H27N7O/c1-17(14-32(2)3)34-24-12-19(20-13-30-33(4)15-20)11-23-25(24)26(29-16-28-23)31-21-7-8-22-18(10-21)6-5-9-27-22/h5-13,15-17H,14H2,1-4H3,(H,28,29,31)/t17-/m1/s1. The van der Waals surface area contributed by atoms with Crippen molar-refractivity contribution in [2.45, 2.75) is 13.0 Å². The first-order chi connectivity index (χ1) is 16.5. The highest BCUT2D eigenvalue weighted by molar-refractivity contribution is 5.99. The summed E-state index contributed by atoms with van der Waals surface area (Å²) >= 11 is 0. The fraction of sp³-hybridized carbons (Fsp3) is 0.231. The number of aromatic nitrogens is 5. The van der Waals surface area contributed by atoms with Crippen molar-refractivity contribution in [1.29, 1.82) is 0 Å². The van der Waals surface area contributed by atoms with Crippen molar-refractivity contribution >= 4 is 33.3 Å². The average Bonchev–Trinajstić information content (AvgIpc) is 3.24. The second kappa shape index (κ2) is 9.07. The van der Waals surface area contributed by atoms with Crippen molar-refractivity contribution in [2.24, 2.45) is 7.05 Å². The van der Waals surface area contributed by atoms with E-state index < -0.39 is 0 Å². The predicted octanol–water partition coefficient (Wildman–Crippen LogP) is 4.65. The van der Waals surface area contributed by atoms with Crippen LogP contribution in [0.2, 0.25) is 0 Å². The number of rotatable bonds is 7. The van der Waals surface area contributed by atoms with Gasteiger partial charge in [-0.15, -0.1) is 0 Å². The van der Waals surface area contributed by atoms with E-state index in [0.29, 0.717) is 5.82 Å². The summed E-state index contributed by atoms with van der Waals surface area (Å²) in [5, 5.41) is 9.69. The SMILES string of the molecule is C[C@H](CN(C)C)Oc1cc(-c2cnn(C)c2)cc2ncnc(Nc3ccc4ncccc4c3)c12. The quantitative estimate of drug-likeness (QED) is 0.384. The molecule has 0 amide bonds. The second-order valence-corrected chi connectivity index (χ2v) is 8.72. The highest BCUT2D eigenvalue weighted by Crippen LogP contribution is 2.37. The summed E-state index contributed by atoms with van der Waals surface area (Å²) in [5.74, 6) is 1.43. The smallest absolute Gasteiger partial charge is 0.145 e. The zero-order valence-corrected chi connectivity index (χ0v) is 19.7. The van der Waals surface area contributed by atoms with Crippen molar-refractivity contribution in [2.75, 3.05) is 26.0 Å². The Morgan fingerprint density at radius 1 is 1.03 bits per heavy atom. The molecule has 0 fully saturated rings. The molecule has 3 heterocycles. The van der Waals surface area contributed by atoms with Gasteiger partial charge in [-0.05, 0) is 63.0 Å². The van der Waals surface area contributed by atoms with E-state index in [1.54, 1.807) is 17.2 Å². The molecule has 0 bridgehead atoms. The van der Waals surface area contributed by atoms with Gasteiger partial charge in [0, 0.05) is 42.6 Å². The van der Waals surface area contributed by atoms with Crippen LogP contribution in [-0.4, -0.2) is 56.4 Å². The number of nitrogens with zero attached hydrogens (tertiary/aromatic N) is 6. The van der Waals surface area contributed by atoms with Crippen molar-refractivity contribution in [3.05, 3.63) is 67.4 Å².